The van der Waals surface area contributed by atoms with E-state index in [1.165, 1.54) is 23.1 Å². The van der Waals surface area contributed by atoms with Crippen LogP contribution in [0.4, 0.5) is 0 Å². The first-order valence-electron chi connectivity index (χ1n) is 8.15. The van der Waals surface area contributed by atoms with Crippen molar-refractivity contribution >= 4 is 0 Å². The minimum absolute atomic E-state index is 0.255. The van der Waals surface area contributed by atoms with Crippen molar-refractivity contribution in [2.45, 2.75) is 46.6 Å². The van der Waals surface area contributed by atoms with E-state index in [2.05, 4.69) is 51.2 Å². The van der Waals surface area contributed by atoms with Crippen LogP contribution in [0.15, 0.2) is 18.2 Å². The van der Waals surface area contributed by atoms with E-state index in [4.69, 9.17) is 9.47 Å². The van der Waals surface area contributed by atoms with Crippen molar-refractivity contribution < 1.29 is 9.47 Å². The fraction of sp³-hybridized carbons (Fsp3) is 0.667. The Morgan fingerprint density at radius 3 is 2.52 bits per heavy atom. The van der Waals surface area contributed by atoms with Crippen molar-refractivity contribution in [2.75, 3.05) is 33.0 Å². The zero-order chi connectivity index (χ0) is 15.5. The number of unbranched alkanes of at least 4 members (excludes halogenated alkanes) is 1. The standard InChI is InChI=1S/C18H31NO2/c1-5-7-10-20-11-12-21-14-18(19-6-2)17-13-15(3)8-9-16(17)4/h8-9,13,18-19H,5-7,10-12,14H2,1-4H3. The van der Waals surface area contributed by atoms with Gasteiger partial charge in [-0.1, -0.05) is 44.0 Å². The quantitative estimate of drug-likeness (QED) is 0.630. The van der Waals surface area contributed by atoms with Gasteiger partial charge in [-0.25, -0.2) is 0 Å². The van der Waals surface area contributed by atoms with E-state index in [0.717, 1.165) is 19.6 Å². The second-order valence-corrected chi connectivity index (χ2v) is 5.51. The fourth-order valence-corrected chi connectivity index (χ4v) is 2.31. The maximum Gasteiger partial charge on any atom is 0.0701 e. The number of benzene rings is 1. The molecule has 0 bridgehead atoms. The first-order valence-corrected chi connectivity index (χ1v) is 8.15. The third-order valence-electron chi connectivity index (χ3n) is 3.56. The van der Waals surface area contributed by atoms with Crippen LogP contribution >= 0.6 is 0 Å². The number of likely N-dealkylation sites (N-methyl/N-ethyl adjacent to an activating group) is 1. The van der Waals surface area contributed by atoms with Gasteiger partial charge in [-0.3, -0.25) is 0 Å². The molecule has 3 nitrogen and oxygen atoms in total. The Kier molecular flexibility index (Phi) is 9.31. The predicted molar refractivity (Wildman–Crippen MR) is 88.9 cm³/mol. The summed E-state index contributed by atoms with van der Waals surface area (Å²) in [7, 11) is 0. The highest BCUT2D eigenvalue weighted by molar-refractivity contribution is 5.33. The van der Waals surface area contributed by atoms with Crippen LogP contribution in [-0.4, -0.2) is 33.0 Å². The Hall–Kier alpha value is -0.900. The molecule has 120 valence electrons. The van der Waals surface area contributed by atoms with Crippen molar-refractivity contribution in [3.63, 3.8) is 0 Å². The Labute approximate surface area is 130 Å². The number of nitrogens with one attached hydrogen (secondary N) is 1. The molecule has 0 spiro atoms. The van der Waals surface area contributed by atoms with Gasteiger partial charge in [0.05, 0.1) is 25.9 Å². The smallest absolute Gasteiger partial charge is 0.0701 e. The van der Waals surface area contributed by atoms with Crippen molar-refractivity contribution in [1.29, 1.82) is 0 Å². The molecule has 0 aliphatic carbocycles. The summed E-state index contributed by atoms with van der Waals surface area (Å²) in [5.74, 6) is 0. The molecule has 0 saturated heterocycles. The summed E-state index contributed by atoms with van der Waals surface area (Å²) < 4.78 is 11.3. The van der Waals surface area contributed by atoms with E-state index in [-0.39, 0.29) is 6.04 Å². The molecule has 0 amide bonds. The van der Waals surface area contributed by atoms with Gasteiger partial charge in [0.15, 0.2) is 0 Å². The van der Waals surface area contributed by atoms with Gasteiger partial charge in [-0.2, -0.15) is 0 Å². The fourth-order valence-electron chi connectivity index (χ4n) is 2.31. The van der Waals surface area contributed by atoms with Gasteiger partial charge in [-0.05, 0) is 37.9 Å². The van der Waals surface area contributed by atoms with E-state index in [1.807, 2.05) is 0 Å². The summed E-state index contributed by atoms with van der Waals surface area (Å²) in [4.78, 5) is 0. The Morgan fingerprint density at radius 1 is 1.05 bits per heavy atom. The lowest BCUT2D eigenvalue weighted by molar-refractivity contribution is 0.0381. The van der Waals surface area contributed by atoms with Gasteiger partial charge in [0.1, 0.15) is 0 Å². The van der Waals surface area contributed by atoms with Crippen LogP contribution in [0.5, 0.6) is 0 Å². The third-order valence-corrected chi connectivity index (χ3v) is 3.56. The van der Waals surface area contributed by atoms with Crippen LogP contribution < -0.4 is 5.32 Å². The van der Waals surface area contributed by atoms with Crippen molar-refractivity contribution in [2.24, 2.45) is 0 Å². The average molecular weight is 293 g/mol. The summed E-state index contributed by atoms with van der Waals surface area (Å²) in [6, 6.07) is 6.85. The van der Waals surface area contributed by atoms with Crippen molar-refractivity contribution in [1.82, 2.24) is 5.32 Å². The second kappa shape index (κ2) is 10.8. The van der Waals surface area contributed by atoms with E-state index < -0.39 is 0 Å². The molecule has 1 N–H and O–H groups in total. The van der Waals surface area contributed by atoms with Gasteiger partial charge < -0.3 is 14.8 Å². The highest BCUT2D eigenvalue weighted by Gasteiger charge is 2.13. The maximum atomic E-state index is 5.79. The summed E-state index contributed by atoms with van der Waals surface area (Å²) in [6.45, 7) is 12.4. The lowest BCUT2D eigenvalue weighted by Gasteiger charge is -2.21. The second-order valence-electron chi connectivity index (χ2n) is 5.51. The lowest BCUT2D eigenvalue weighted by atomic mass is 9.99. The number of hydrogen-bond donors (Lipinski definition) is 1. The van der Waals surface area contributed by atoms with Crippen LogP contribution in [0, 0.1) is 13.8 Å². The molecule has 0 radical (unpaired) electrons. The minimum atomic E-state index is 0.255. The molecule has 0 aliphatic rings. The first-order chi connectivity index (χ1) is 10.2. The molecule has 0 fully saturated rings. The summed E-state index contributed by atoms with van der Waals surface area (Å²) in [5.41, 5.74) is 3.94. The molecule has 3 heteroatoms. The topological polar surface area (TPSA) is 30.5 Å². The molecule has 1 aromatic carbocycles. The normalized spacial score (nSPS) is 12.6. The minimum Gasteiger partial charge on any atom is -0.379 e. The number of ether oxygens (including phenoxy) is 2. The zero-order valence-electron chi connectivity index (χ0n) is 14.1. The molecule has 0 aromatic heterocycles. The van der Waals surface area contributed by atoms with E-state index >= 15 is 0 Å². The predicted octanol–water partition coefficient (Wildman–Crippen LogP) is 3.79. The number of aryl methyl sites for hydroxylation is 2. The maximum absolute atomic E-state index is 5.79. The Morgan fingerprint density at radius 2 is 1.81 bits per heavy atom. The molecule has 0 aliphatic heterocycles. The van der Waals surface area contributed by atoms with Gasteiger partial charge >= 0.3 is 0 Å². The van der Waals surface area contributed by atoms with Crippen LogP contribution in [0.3, 0.4) is 0 Å². The molecular weight excluding hydrogens is 262 g/mol. The third kappa shape index (κ3) is 7.07. The molecule has 1 rings (SSSR count). The van der Waals surface area contributed by atoms with E-state index in [0.29, 0.717) is 19.8 Å². The first kappa shape index (κ1) is 18.1. The summed E-state index contributed by atoms with van der Waals surface area (Å²) in [5, 5.41) is 3.51. The summed E-state index contributed by atoms with van der Waals surface area (Å²) in [6.07, 6.45) is 2.30. The van der Waals surface area contributed by atoms with E-state index in [1.54, 1.807) is 0 Å². The van der Waals surface area contributed by atoms with E-state index in [9.17, 15) is 0 Å². The van der Waals surface area contributed by atoms with Gasteiger partial charge in [0, 0.05) is 6.61 Å². The van der Waals surface area contributed by atoms with Crippen molar-refractivity contribution in [3.05, 3.63) is 34.9 Å². The highest BCUT2D eigenvalue weighted by atomic mass is 16.5. The lowest BCUT2D eigenvalue weighted by Crippen LogP contribution is -2.26. The average Bonchev–Trinajstić information content (AvgIpc) is 2.48. The molecule has 0 saturated carbocycles. The number of hydrogen-bond acceptors (Lipinski definition) is 3. The van der Waals surface area contributed by atoms with Crippen LogP contribution in [-0.2, 0) is 9.47 Å². The van der Waals surface area contributed by atoms with Gasteiger partial charge in [0.25, 0.3) is 0 Å². The SMILES string of the molecule is CCCCOCCOCC(NCC)c1cc(C)ccc1C. The molecule has 0 heterocycles. The molecular formula is C18H31NO2. The van der Waals surface area contributed by atoms with Crippen LogP contribution in [0.1, 0.15) is 49.4 Å². The number of rotatable bonds is 11. The highest BCUT2D eigenvalue weighted by Crippen LogP contribution is 2.19. The Bertz CT molecular complexity index is 393. The molecule has 21 heavy (non-hydrogen) atoms. The monoisotopic (exact) mass is 293 g/mol. The zero-order valence-corrected chi connectivity index (χ0v) is 14.1. The largest absolute Gasteiger partial charge is 0.379 e. The van der Waals surface area contributed by atoms with Gasteiger partial charge in [0.2, 0.25) is 0 Å². The van der Waals surface area contributed by atoms with Crippen LogP contribution in [0.25, 0.3) is 0 Å². The van der Waals surface area contributed by atoms with Gasteiger partial charge in [-0.15, -0.1) is 0 Å². The van der Waals surface area contributed by atoms with Crippen molar-refractivity contribution in [3.8, 4) is 0 Å². The molecule has 1 atom stereocenters. The molecule has 1 unspecified atom stereocenters. The molecule has 1 aromatic rings. The van der Waals surface area contributed by atoms with Crippen LogP contribution in [0.2, 0.25) is 0 Å². The Balaban J connectivity index is 2.41. The summed E-state index contributed by atoms with van der Waals surface area (Å²) >= 11 is 0.